The van der Waals surface area contributed by atoms with Crippen molar-refractivity contribution in [2.45, 2.75) is 6.42 Å². The van der Waals surface area contributed by atoms with Gasteiger partial charge in [0.2, 0.25) is 0 Å². The highest BCUT2D eigenvalue weighted by atomic mass is 32.1. The van der Waals surface area contributed by atoms with E-state index in [4.69, 9.17) is 21.7 Å². The smallest absolute Gasteiger partial charge is 0.251 e. The zero-order valence-electron chi connectivity index (χ0n) is 10.1. The Hall–Kier alpha value is -2.08. The van der Waals surface area contributed by atoms with Crippen LogP contribution in [0.3, 0.4) is 0 Å². The predicted octanol–water partition coefficient (Wildman–Crippen LogP) is 2.06. The molecule has 1 aromatic carbocycles. The van der Waals surface area contributed by atoms with Gasteiger partial charge in [0.05, 0.1) is 18.9 Å². The Morgan fingerprint density at radius 1 is 1.16 bits per heavy atom. The van der Waals surface area contributed by atoms with Crippen molar-refractivity contribution in [1.82, 2.24) is 9.55 Å². The van der Waals surface area contributed by atoms with Crippen LogP contribution < -0.4 is 15.0 Å². The largest absolute Gasteiger partial charge is 0.490 e. The number of aromatic nitrogens is 2. The number of hydrogen-bond acceptors (Lipinski definition) is 4. The number of nitrogens with one attached hydrogen (secondary N) is 1. The van der Waals surface area contributed by atoms with Crippen molar-refractivity contribution >= 4 is 12.2 Å². The van der Waals surface area contributed by atoms with E-state index < -0.39 is 0 Å². The van der Waals surface area contributed by atoms with Crippen LogP contribution in [0.25, 0.3) is 5.69 Å². The quantitative estimate of drug-likeness (QED) is 0.810. The van der Waals surface area contributed by atoms with Gasteiger partial charge in [0.15, 0.2) is 16.3 Å². The highest BCUT2D eigenvalue weighted by molar-refractivity contribution is 7.71. The minimum absolute atomic E-state index is 0.212. The SMILES string of the molecule is O=c1ccn(-c2ccc3c(c2)OCCCO3)c(=S)[nH]1. The van der Waals surface area contributed by atoms with Crippen molar-refractivity contribution in [2.24, 2.45) is 0 Å². The summed E-state index contributed by atoms with van der Waals surface area (Å²) in [6.45, 7) is 1.29. The van der Waals surface area contributed by atoms with Gasteiger partial charge in [0.1, 0.15) is 0 Å². The normalized spacial score (nSPS) is 13.9. The molecule has 0 bridgehead atoms. The number of fused-ring (bicyclic) bond motifs is 1. The van der Waals surface area contributed by atoms with E-state index in [9.17, 15) is 4.79 Å². The molecule has 0 spiro atoms. The highest BCUT2D eigenvalue weighted by Crippen LogP contribution is 2.31. The van der Waals surface area contributed by atoms with Crippen LogP contribution in [-0.4, -0.2) is 22.8 Å². The average molecular weight is 276 g/mol. The average Bonchev–Trinajstić information content (AvgIpc) is 2.63. The highest BCUT2D eigenvalue weighted by Gasteiger charge is 2.11. The van der Waals surface area contributed by atoms with Crippen molar-refractivity contribution in [3.8, 4) is 17.2 Å². The summed E-state index contributed by atoms with van der Waals surface area (Å²) < 4.78 is 13.3. The van der Waals surface area contributed by atoms with Crippen LogP contribution in [0.1, 0.15) is 6.42 Å². The molecule has 98 valence electrons. The first-order chi connectivity index (χ1) is 9.24. The molecule has 5 nitrogen and oxygen atoms in total. The van der Waals surface area contributed by atoms with Gasteiger partial charge in [-0.15, -0.1) is 0 Å². The third-order valence-electron chi connectivity index (χ3n) is 2.83. The van der Waals surface area contributed by atoms with Gasteiger partial charge in [-0.1, -0.05) is 0 Å². The summed E-state index contributed by atoms with van der Waals surface area (Å²) in [6, 6.07) is 7.01. The van der Waals surface area contributed by atoms with Gasteiger partial charge in [0.25, 0.3) is 5.56 Å². The summed E-state index contributed by atoms with van der Waals surface area (Å²) >= 11 is 5.14. The van der Waals surface area contributed by atoms with E-state index in [1.807, 2.05) is 18.2 Å². The molecule has 0 fully saturated rings. The van der Waals surface area contributed by atoms with Gasteiger partial charge in [-0.25, -0.2) is 0 Å². The molecule has 0 aliphatic carbocycles. The lowest BCUT2D eigenvalue weighted by molar-refractivity contribution is 0.297. The van der Waals surface area contributed by atoms with Gasteiger partial charge in [0, 0.05) is 24.8 Å². The van der Waals surface area contributed by atoms with Crippen LogP contribution in [-0.2, 0) is 0 Å². The number of ether oxygens (including phenoxy) is 2. The van der Waals surface area contributed by atoms with Gasteiger partial charge in [-0.2, -0.15) is 0 Å². The summed E-state index contributed by atoms with van der Waals surface area (Å²) in [5.41, 5.74) is 0.612. The summed E-state index contributed by atoms with van der Waals surface area (Å²) in [5, 5.41) is 0. The molecular formula is C13H12N2O3S. The van der Waals surface area contributed by atoms with Gasteiger partial charge in [-0.3, -0.25) is 14.3 Å². The molecule has 0 amide bonds. The monoisotopic (exact) mass is 276 g/mol. The van der Waals surface area contributed by atoms with Crippen LogP contribution in [0.5, 0.6) is 11.5 Å². The van der Waals surface area contributed by atoms with Crippen molar-refractivity contribution < 1.29 is 9.47 Å². The molecule has 0 saturated heterocycles. The number of rotatable bonds is 1. The van der Waals surface area contributed by atoms with Crippen molar-refractivity contribution in [1.29, 1.82) is 0 Å². The standard InChI is InChI=1S/C13H12N2O3S/c16-12-4-5-15(13(19)14-12)9-2-3-10-11(8-9)18-7-1-6-17-10/h2-5,8H,1,6-7H2,(H,14,16,19). The lowest BCUT2D eigenvalue weighted by Crippen LogP contribution is -2.09. The Balaban J connectivity index is 2.08. The molecule has 6 heteroatoms. The molecular weight excluding hydrogens is 264 g/mol. The number of benzene rings is 1. The molecule has 0 unspecified atom stereocenters. The molecule has 2 aromatic rings. The molecule has 0 radical (unpaired) electrons. The molecule has 1 aliphatic heterocycles. The van der Waals surface area contributed by atoms with Gasteiger partial charge < -0.3 is 9.47 Å². The zero-order chi connectivity index (χ0) is 13.2. The first-order valence-electron chi connectivity index (χ1n) is 5.96. The topological polar surface area (TPSA) is 56.2 Å². The van der Waals surface area contributed by atoms with Crippen molar-refractivity contribution in [3.05, 3.63) is 45.6 Å². The minimum atomic E-state index is -0.212. The molecule has 1 aliphatic rings. The number of hydrogen-bond donors (Lipinski definition) is 1. The van der Waals surface area contributed by atoms with E-state index in [0.717, 1.165) is 17.9 Å². The van der Waals surface area contributed by atoms with E-state index >= 15 is 0 Å². The lowest BCUT2D eigenvalue weighted by atomic mass is 10.2. The van der Waals surface area contributed by atoms with Gasteiger partial charge in [-0.05, 0) is 24.4 Å². The fraction of sp³-hybridized carbons (Fsp3) is 0.231. The Kier molecular flexibility index (Phi) is 3.08. The molecule has 3 rings (SSSR count). The first kappa shape index (κ1) is 12.0. The van der Waals surface area contributed by atoms with Crippen LogP contribution in [0.4, 0.5) is 0 Å². The molecule has 0 saturated carbocycles. The summed E-state index contributed by atoms with van der Waals surface area (Å²) in [4.78, 5) is 13.8. The van der Waals surface area contributed by atoms with E-state index in [1.165, 1.54) is 6.07 Å². The van der Waals surface area contributed by atoms with E-state index in [-0.39, 0.29) is 5.56 Å². The maximum Gasteiger partial charge on any atom is 0.251 e. The minimum Gasteiger partial charge on any atom is -0.490 e. The molecule has 1 aromatic heterocycles. The third kappa shape index (κ3) is 2.39. The molecule has 19 heavy (non-hydrogen) atoms. The lowest BCUT2D eigenvalue weighted by Gasteiger charge is -2.11. The second kappa shape index (κ2) is 4.89. The van der Waals surface area contributed by atoms with E-state index in [0.29, 0.717) is 23.7 Å². The van der Waals surface area contributed by atoms with Crippen LogP contribution in [0.15, 0.2) is 35.3 Å². The van der Waals surface area contributed by atoms with Crippen LogP contribution in [0, 0.1) is 4.77 Å². The predicted molar refractivity (Wildman–Crippen MR) is 72.8 cm³/mol. The maximum absolute atomic E-state index is 11.2. The summed E-state index contributed by atoms with van der Waals surface area (Å²) in [6.07, 6.45) is 2.50. The van der Waals surface area contributed by atoms with E-state index in [2.05, 4.69) is 4.98 Å². The number of nitrogens with zero attached hydrogens (tertiary/aromatic N) is 1. The first-order valence-corrected chi connectivity index (χ1v) is 6.37. The Bertz CT molecular complexity index is 720. The van der Waals surface area contributed by atoms with Crippen LogP contribution >= 0.6 is 12.2 Å². The zero-order valence-corrected chi connectivity index (χ0v) is 10.9. The Morgan fingerprint density at radius 3 is 2.74 bits per heavy atom. The van der Waals surface area contributed by atoms with Gasteiger partial charge >= 0.3 is 0 Å². The fourth-order valence-corrected chi connectivity index (χ4v) is 2.19. The molecule has 0 atom stereocenters. The Morgan fingerprint density at radius 2 is 1.95 bits per heavy atom. The van der Waals surface area contributed by atoms with E-state index in [1.54, 1.807) is 10.8 Å². The van der Waals surface area contributed by atoms with Crippen molar-refractivity contribution in [3.63, 3.8) is 0 Å². The maximum atomic E-state index is 11.2. The second-order valence-electron chi connectivity index (χ2n) is 4.16. The molecule has 2 heterocycles. The molecule has 1 N–H and O–H groups in total. The second-order valence-corrected chi connectivity index (χ2v) is 4.55. The van der Waals surface area contributed by atoms with Crippen LogP contribution in [0.2, 0.25) is 0 Å². The fourth-order valence-electron chi connectivity index (χ4n) is 1.92. The Labute approximate surface area is 114 Å². The van der Waals surface area contributed by atoms with Crippen molar-refractivity contribution in [2.75, 3.05) is 13.2 Å². The number of H-pyrrole nitrogens is 1. The summed E-state index contributed by atoms with van der Waals surface area (Å²) in [5.74, 6) is 1.43. The summed E-state index contributed by atoms with van der Waals surface area (Å²) in [7, 11) is 0. The number of aromatic amines is 1. The third-order valence-corrected chi connectivity index (χ3v) is 3.13.